The highest BCUT2D eigenvalue weighted by atomic mass is 32.2. The lowest BCUT2D eigenvalue weighted by Crippen LogP contribution is -2.21. The van der Waals surface area contributed by atoms with Crippen molar-refractivity contribution in [3.8, 4) is 0 Å². The molecule has 0 saturated carbocycles. The van der Waals surface area contributed by atoms with E-state index in [1.807, 2.05) is 0 Å². The van der Waals surface area contributed by atoms with Gasteiger partial charge in [0, 0.05) is 6.20 Å². The van der Waals surface area contributed by atoms with Crippen LogP contribution >= 0.6 is 0 Å². The molecule has 104 valence electrons. The molecule has 9 heteroatoms. The van der Waals surface area contributed by atoms with E-state index in [1.54, 1.807) is 0 Å². The molecule has 19 heavy (non-hydrogen) atoms. The number of carboxylic acid groups (broad SMARTS) is 1. The molecule has 0 aliphatic heterocycles. The molecule has 1 heterocycles. The Hall–Kier alpha value is -2.16. The highest BCUT2D eigenvalue weighted by Crippen LogP contribution is 2.15. The number of pyridine rings is 1. The van der Waals surface area contributed by atoms with Crippen molar-refractivity contribution in [1.82, 2.24) is 4.98 Å². The summed E-state index contributed by atoms with van der Waals surface area (Å²) in [7, 11) is -2.71. The number of ether oxygens (including phenoxy) is 1. The molecule has 0 aliphatic carbocycles. The van der Waals surface area contributed by atoms with Gasteiger partial charge in [0.25, 0.3) is 0 Å². The molecule has 8 nitrogen and oxygen atoms in total. The molecule has 0 atom stereocenters. The Bertz CT molecular complexity index is 583. The lowest BCUT2D eigenvalue weighted by molar-refractivity contribution is -0.140. The zero-order valence-electron chi connectivity index (χ0n) is 9.99. The summed E-state index contributed by atoms with van der Waals surface area (Å²) < 4.78 is 29.7. The first-order valence-electron chi connectivity index (χ1n) is 5.10. The molecule has 0 aromatic carbocycles. The third-order valence-electron chi connectivity index (χ3n) is 2.12. The highest BCUT2D eigenvalue weighted by molar-refractivity contribution is 7.92. The van der Waals surface area contributed by atoms with Gasteiger partial charge in [0.05, 0.1) is 36.7 Å². The van der Waals surface area contributed by atoms with Gasteiger partial charge in [-0.3, -0.25) is 14.5 Å². The van der Waals surface area contributed by atoms with Crippen LogP contribution in [0.3, 0.4) is 0 Å². The molecule has 0 fully saturated rings. The van der Waals surface area contributed by atoms with Crippen LogP contribution in [0, 0.1) is 0 Å². The van der Waals surface area contributed by atoms with Crippen LogP contribution in [-0.4, -0.2) is 43.3 Å². The van der Waals surface area contributed by atoms with E-state index < -0.39 is 27.7 Å². The minimum atomic E-state index is -3.85. The lowest BCUT2D eigenvalue weighted by Gasteiger charge is -2.09. The summed E-state index contributed by atoms with van der Waals surface area (Å²) in [5, 5.41) is 8.88. The Morgan fingerprint density at radius 2 is 2.16 bits per heavy atom. The number of carbonyl (C=O) groups is 2. The van der Waals surface area contributed by atoms with Gasteiger partial charge in [0.1, 0.15) is 0 Å². The molecule has 1 aromatic rings. The fourth-order valence-electron chi connectivity index (χ4n) is 1.20. The maximum Gasteiger partial charge on any atom is 0.337 e. The van der Waals surface area contributed by atoms with E-state index in [-0.39, 0.29) is 17.7 Å². The monoisotopic (exact) mass is 288 g/mol. The topological polar surface area (TPSA) is 123 Å². The molecule has 2 N–H and O–H groups in total. The third kappa shape index (κ3) is 4.54. The van der Waals surface area contributed by atoms with E-state index in [0.29, 0.717) is 0 Å². The van der Waals surface area contributed by atoms with Gasteiger partial charge in [0.2, 0.25) is 10.0 Å². The fraction of sp³-hybridized carbons (Fsp3) is 0.300. The average molecular weight is 288 g/mol. The Balaban J connectivity index is 2.84. The van der Waals surface area contributed by atoms with Gasteiger partial charge in [-0.1, -0.05) is 0 Å². The second kappa shape index (κ2) is 6.14. The number of hydrogen-bond donors (Lipinski definition) is 2. The van der Waals surface area contributed by atoms with Crippen molar-refractivity contribution in [2.24, 2.45) is 0 Å². The maximum absolute atomic E-state index is 11.7. The average Bonchev–Trinajstić information content (AvgIpc) is 2.36. The summed E-state index contributed by atoms with van der Waals surface area (Å²) in [6.07, 6.45) is 1.99. The molecule has 0 saturated heterocycles. The number of aromatic nitrogens is 1. The number of rotatable bonds is 6. The van der Waals surface area contributed by atoms with Crippen LogP contribution in [0.5, 0.6) is 0 Å². The number of methoxy groups -OCH3 is 1. The predicted octanol–water partition coefficient (Wildman–Crippen LogP) is 0.0846. The van der Waals surface area contributed by atoms with Crippen LogP contribution in [0.15, 0.2) is 18.5 Å². The van der Waals surface area contributed by atoms with Gasteiger partial charge >= 0.3 is 11.9 Å². The first-order chi connectivity index (χ1) is 8.85. The van der Waals surface area contributed by atoms with Crippen LogP contribution in [0.4, 0.5) is 5.69 Å². The normalized spacial score (nSPS) is 10.8. The molecule has 0 unspecified atom stereocenters. The van der Waals surface area contributed by atoms with Crippen molar-refractivity contribution >= 4 is 27.6 Å². The van der Waals surface area contributed by atoms with Crippen LogP contribution < -0.4 is 4.72 Å². The first-order valence-corrected chi connectivity index (χ1v) is 6.75. The van der Waals surface area contributed by atoms with Gasteiger partial charge in [-0.15, -0.1) is 0 Å². The van der Waals surface area contributed by atoms with Crippen LogP contribution in [0.1, 0.15) is 16.8 Å². The molecule has 0 bridgehead atoms. The van der Waals surface area contributed by atoms with Gasteiger partial charge in [0.15, 0.2) is 0 Å². The maximum atomic E-state index is 11.7. The minimum Gasteiger partial charge on any atom is -0.478 e. The number of nitrogens with one attached hydrogen (secondary N) is 1. The molecular weight excluding hydrogens is 276 g/mol. The fourth-order valence-corrected chi connectivity index (χ4v) is 2.24. The minimum absolute atomic E-state index is 0.153. The van der Waals surface area contributed by atoms with Crippen molar-refractivity contribution in [3.05, 3.63) is 24.0 Å². The summed E-state index contributed by atoms with van der Waals surface area (Å²) in [6, 6.07) is 1.17. The SMILES string of the molecule is COC(=O)CCS(=O)(=O)Nc1cnccc1C(=O)O. The number of nitrogens with zero attached hydrogens (tertiary/aromatic N) is 1. The standard InChI is InChI=1S/C10H12N2O6S/c1-18-9(13)3-5-19(16,17)12-8-6-11-4-2-7(8)10(14)15/h2,4,6,12H,3,5H2,1H3,(H,14,15). The Kier molecular flexibility index (Phi) is 4.81. The van der Waals surface area contributed by atoms with Crippen molar-refractivity contribution in [2.75, 3.05) is 17.6 Å². The second-order valence-electron chi connectivity index (χ2n) is 3.47. The molecule has 0 amide bonds. The van der Waals surface area contributed by atoms with Crippen molar-refractivity contribution < 1.29 is 27.9 Å². The first kappa shape index (κ1) is 14.9. The Morgan fingerprint density at radius 1 is 1.47 bits per heavy atom. The number of carboxylic acids is 1. The predicted molar refractivity (Wildman–Crippen MR) is 65.2 cm³/mol. The Labute approximate surface area is 109 Å². The Morgan fingerprint density at radius 3 is 2.74 bits per heavy atom. The molecular formula is C10H12N2O6S. The van der Waals surface area contributed by atoms with Crippen LogP contribution in [0.2, 0.25) is 0 Å². The largest absolute Gasteiger partial charge is 0.478 e. The van der Waals surface area contributed by atoms with Crippen LogP contribution in [-0.2, 0) is 19.6 Å². The smallest absolute Gasteiger partial charge is 0.337 e. The zero-order chi connectivity index (χ0) is 14.5. The number of sulfonamides is 1. The number of anilines is 1. The summed E-state index contributed by atoms with van der Waals surface area (Å²) in [5.74, 6) is -2.46. The zero-order valence-corrected chi connectivity index (χ0v) is 10.8. The van der Waals surface area contributed by atoms with E-state index in [9.17, 15) is 18.0 Å². The van der Waals surface area contributed by atoms with E-state index in [1.165, 1.54) is 12.3 Å². The van der Waals surface area contributed by atoms with E-state index >= 15 is 0 Å². The van der Waals surface area contributed by atoms with Crippen molar-refractivity contribution in [1.29, 1.82) is 0 Å². The molecule has 1 aromatic heterocycles. The van der Waals surface area contributed by atoms with E-state index in [0.717, 1.165) is 13.3 Å². The quantitative estimate of drug-likeness (QED) is 0.711. The van der Waals surface area contributed by atoms with E-state index in [4.69, 9.17) is 5.11 Å². The second-order valence-corrected chi connectivity index (χ2v) is 5.32. The molecule has 1 rings (SSSR count). The third-order valence-corrected chi connectivity index (χ3v) is 3.39. The number of esters is 1. The molecule has 0 spiro atoms. The highest BCUT2D eigenvalue weighted by Gasteiger charge is 2.17. The van der Waals surface area contributed by atoms with Crippen molar-refractivity contribution in [2.45, 2.75) is 6.42 Å². The van der Waals surface area contributed by atoms with Gasteiger partial charge in [-0.05, 0) is 6.07 Å². The van der Waals surface area contributed by atoms with Crippen molar-refractivity contribution in [3.63, 3.8) is 0 Å². The molecule has 0 aliphatic rings. The summed E-state index contributed by atoms with van der Waals surface area (Å²) in [4.78, 5) is 25.4. The van der Waals surface area contributed by atoms with E-state index in [2.05, 4.69) is 14.4 Å². The number of aromatic carboxylic acids is 1. The van der Waals surface area contributed by atoms with Crippen LogP contribution in [0.25, 0.3) is 0 Å². The number of hydrogen-bond acceptors (Lipinski definition) is 6. The van der Waals surface area contributed by atoms with Gasteiger partial charge < -0.3 is 9.84 Å². The summed E-state index contributed by atoms with van der Waals surface area (Å²) >= 11 is 0. The lowest BCUT2D eigenvalue weighted by atomic mass is 10.2. The number of carbonyl (C=O) groups excluding carboxylic acids is 1. The van der Waals surface area contributed by atoms with Gasteiger partial charge in [-0.2, -0.15) is 0 Å². The summed E-state index contributed by atoms with van der Waals surface area (Å²) in [5.41, 5.74) is -0.378. The molecule has 0 radical (unpaired) electrons. The van der Waals surface area contributed by atoms with Gasteiger partial charge in [-0.25, -0.2) is 13.2 Å². The summed E-state index contributed by atoms with van der Waals surface area (Å²) in [6.45, 7) is 0.